The fraction of sp³-hybridized carbons (Fsp3) is 0.0870. The molecule has 0 amide bonds. The average molecular weight is 353 g/mol. The van der Waals surface area contributed by atoms with E-state index >= 15 is 0 Å². The molecule has 0 atom stereocenters. The SMILES string of the molecule is COc1ccc2c(c1)c(-c1cc3cc(-c4ccccc4)cnc3[nH]1)cn2C. The minimum atomic E-state index is 0.857. The van der Waals surface area contributed by atoms with Gasteiger partial charge in [-0.1, -0.05) is 30.3 Å². The van der Waals surface area contributed by atoms with Crippen LogP contribution < -0.4 is 4.74 Å². The lowest BCUT2D eigenvalue weighted by atomic mass is 10.1. The van der Waals surface area contributed by atoms with E-state index in [2.05, 4.69) is 64.2 Å². The van der Waals surface area contributed by atoms with E-state index in [1.54, 1.807) is 7.11 Å². The van der Waals surface area contributed by atoms with E-state index < -0.39 is 0 Å². The summed E-state index contributed by atoms with van der Waals surface area (Å²) in [5, 5.41) is 2.26. The van der Waals surface area contributed by atoms with Gasteiger partial charge in [0.05, 0.1) is 7.11 Å². The highest BCUT2D eigenvalue weighted by molar-refractivity contribution is 5.98. The van der Waals surface area contributed by atoms with Gasteiger partial charge in [0.15, 0.2) is 0 Å². The predicted molar refractivity (Wildman–Crippen MR) is 110 cm³/mol. The Bertz CT molecular complexity index is 1270. The molecule has 5 aromatic rings. The maximum Gasteiger partial charge on any atom is 0.137 e. The van der Waals surface area contributed by atoms with Crippen LogP contribution in [0.15, 0.2) is 73.1 Å². The van der Waals surface area contributed by atoms with Crippen LogP contribution in [-0.2, 0) is 7.05 Å². The Balaban J connectivity index is 1.67. The lowest BCUT2D eigenvalue weighted by Gasteiger charge is -2.01. The van der Waals surface area contributed by atoms with Crippen molar-refractivity contribution in [3.8, 4) is 28.1 Å². The van der Waals surface area contributed by atoms with Gasteiger partial charge in [-0.05, 0) is 35.9 Å². The Morgan fingerprint density at radius 1 is 0.963 bits per heavy atom. The Morgan fingerprint density at radius 2 is 1.81 bits per heavy atom. The number of ether oxygens (including phenoxy) is 1. The number of aromatic nitrogens is 3. The number of benzene rings is 2. The van der Waals surface area contributed by atoms with Gasteiger partial charge in [-0.2, -0.15) is 0 Å². The van der Waals surface area contributed by atoms with E-state index in [4.69, 9.17) is 4.74 Å². The number of fused-ring (bicyclic) bond motifs is 2. The summed E-state index contributed by atoms with van der Waals surface area (Å²) < 4.78 is 7.55. The Labute approximate surface area is 157 Å². The summed E-state index contributed by atoms with van der Waals surface area (Å²) in [5.41, 5.74) is 6.55. The zero-order valence-electron chi connectivity index (χ0n) is 15.2. The number of nitrogens with one attached hydrogen (secondary N) is 1. The zero-order chi connectivity index (χ0) is 18.4. The van der Waals surface area contributed by atoms with Crippen molar-refractivity contribution in [2.45, 2.75) is 0 Å². The molecule has 0 aliphatic carbocycles. The molecule has 2 aromatic carbocycles. The van der Waals surface area contributed by atoms with E-state index in [1.807, 2.05) is 30.5 Å². The van der Waals surface area contributed by atoms with Gasteiger partial charge in [0.2, 0.25) is 0 Å². The lowest BCUT2D eigenvalue weighted by molar-refractivity contribution is 0.415. The maximum atomic E-state index is 5.41. The lowest BCUT2D eigenvalue weighted by Crippen LogP contribution is -1.85. The van der Waals surface area contributed by atoms with Crippen molar-refractivity contribution in [1.82, 2.24) is 14.5 Å². The maximum absolute atomic E-state index is 5.41. The standard InChI is InChI=1S/C23H19N3O/c1-26-14-20(19-12-18(27-2)8-9-22(19)26)21-11-16-10-17(13-24-23(16)25-21)15-6-4-3-5-7-15/h3-14H,1-2H3,(H,24,25). The molecule has 0 radical (unpaired) electrons. The molecule has 0 saturated carbocycles. The first kappa shape index (κ1) is 15.7. The Morgan fingerprint density at radius 3 is 2.63 bits per heavy atom. The fourth-order valence-corrected chi connectivity index (χ4v) is 3.66. The summed E-state index contributed by atoms with van der Waals surface area (Å²) in [6.07, 6.45) is 4.07. The first-order chi connectivity index (χ1) is 13.2. The van der Waals surface area contributed by atoms with Gasteiger partial charge in [-0.15, -0.1) is 0 Å². The molecule has 27 heavy (non-hydrogen) atoms. The normalized spacial score (nSPS) is 11.3. The number of rotatable bonds is 3. The number of H-pyrrole nitrogens is 1. The molecular weight excluding hydrogens is 334 g/mol. The number of nitrogens with zero attached hydrogens (tertiary/aromatic N) is 2. The molecule has 132 valence electrons. The average Bonchev–Trinajstić information content (AvgIpc) is 3.28. The second-order valence-corrected chi connectivity index (χ2v) is 6.75. The fourth-order valence-electron chi connectivity index (χ4n) is 3.66. The van der Waals surface area contributed by atoms with E-state index in [-0.39, 0.29) is 0 Å². The van der Waals surface area contributed by atoms with Crippen molar-refractivity contribution < 1.29 is 4.74 Å². The molecule has 3 heterocycles. The van der Waals surface area contributed by atoms with E-state index in [0.29, 0.717) is 0 Å². The quantitative estimate of drug-likeness (QED) is 0.472. The third kappa shape index (κ3) is 2.57. The molecule has 0 saturated heterocycles. The summed E-state index contributed by atoms with van der Waals surface area (Å²) in [4.78, 5) is 8.11. The molecule has 0 unspecified atom stereocenters. The first-order valence-electron chi connectivity index (χ1n) is 8.90. The number of aromatic amines is 1. The smallest absolute Gasteiger partial charge is 0.137 e. The number of aryl methyl sites for hydroxylation is 1. The van der Waals surface area contributed by atoms with E-state index in [9.17, 15) is 0 Å². The topological polar surface area (TPSA) is 42.8 Å². The molecule has 4 nitrogen and oxygen atoms in total. The number of pyridine rings is 1. The predicted octanol–water partition coefficient (Wildman–Crippen LogP) is 5.40. The van der Waals surface area contributed by atoms with Crippen molar-refractivity contribution in [1.29, 1.82) is 0 Å². The van der Waals surface area contributed by atoms with Crippen LogP contribution in [0.1, 0.15) is 0 Å². The monoisotopic (exact) mass is 353 g/mol. The Kier molecular flexibility index (Phi) is 3.50. The molecule has 1 N–H and O–H groups in total. The van der Waals surface area contributed by atoms with Gasteiger partial charge in [0, 0.05) is 52.6 Å². The van der Waals surface area contributed by atoms with Gasteiger partial charge >= 0.3 is 0 Å². The van der Waals surface area contributed by atoms with E-state index in [0.717, 1.165) is 39.0 Å². The highest BCUT2D eigenvalue weighted by atomic mass is 16.5. The molecule has 0 aliphatic rings. The summed E-state index contributed by atoms with van der Waals surface area (Å²) in [6.45, 7) is 0. The van der Waals surface area contributed by atoms with Crippen molar-refractivity contribution in [2.75, 3.05) is 7.11 Å². The van der Waals surface area contributed by atoms with Crippen LogP contribution >= 0.6 is 0 Å². The molecule has 5 rings (SSSR count). The highest BCUT2D eigenvalue weighted by Gasteiger charge is 2.13. The molecule has 0 spiro atoms. The summed E-state index contributed by atoms with van der Waals surface area (Å²) >= 11 is 0. The second kappa shape index (κ2) is 6.02. The highest BCUT2D eigenvalue weighted by Crippen LogP contribution is 2.34. The van der Waals surface area contributed by atoms with Crippen LogP contribution in [0.25, 0.3) is 44.3 Å². The van der Waals surface area contributed by atoms with Gasteiger partial charge in [0.1, 0.15) is 11.4 Å². The largest absolute Gasteiger partial charge is 0.497 e. The first-order valence-corrected chi connectivity index (χ1v) is 8.90. The minimum Gasteiger partial charge on any atom is -0.497 e. The summed E-state index contributed by atoms with van der Waals surface area (Å²) in [7, 11) is 3.76. The van der Waals surface area contributed by atoms with Crippen molar-refractivity contribution >= 4 is 21.9 Å². The van der Waals surface area contributed by atoms with Gasteiger partial charge in [-0.3, -0.25) is 0 Å². The number of hydrogen-bond acceptors (Lipinski definition) is 2. The van der Waals surface area contributed by atoms with Crippen LogP contribution in [0.3, 0.4) is 0 Å². The van der Waals surface area contributed by atoms with Crippen molar-refractivity contribution in [2.24, 2.45) is 7.05 Å². The molecule has 0 aliphatic heterocycles. The Hall–Kier alpha value is -3.53. The molecule has 0 fully saturated rings. The third-order valence-corrected chi connectivity index (χ3v) is 5.06. The molecular formula is C23H19N3O. The number of methoxy groups -OCH3 is 1. The third-order valence-electron chi connectivity index (χ3n) is 5.06. The van der Waals surface area contributed by atoms with Crippen LogP contribution in [0.5, 0.6) is 5.75 Å². The van der Waals surface area contributed by atoms with Gasteiger partial charge in [0.25, 0.3) is 0 Å². The van der Waals surface area contributed by atoms with Crippen LogP contribution in [0.2, 0.25) is 0 Å². The van der Waals surface area contributed by atoms with E-state index in [1.165, 1.54) is 11.1 Å². The van der Waals surface area contributed by atoms with Gasteiger partial charge in [-0.25, -0.2) is 4.98 Å². The number of hydrogen-bond donors (Lipinski definition) is 1. The van der Waals surface area contributed by atoms with Crippen molar-refractivity contribution in [3.05, 3.63) is 73.1 Å². The van der Waals surface area contributed by atoms with Crippen LogP contribution in [-0.4, -0.2) is 21.6 Å². The van der Waals surface area contributed by atoms with Crippen LogP contribution in [0.4, 0.5) is 0 Å². The van der Waals surface area contributed by atoms with Gasteiger partial charge < -0.3 is 14.3 Å². The summed E-state index contributed by atoms with van der Waals surface area (Å²) in [6, 6.07) is 20.8. The molecule has 0 bridgehead atoms. The minimum absolute atomic E-state index is 0.857. The molecule has 3 aromatic heterocycles. The summed E-state index contributed by atoms with van der Waals surface area (Å²) in [5.74, 6) is 0.857. The van der Waals surface area contributed by atoms with Crippen LogP contribution in [0, 0.1) is 0 Å². The second-order valence-electron chi connectivity index (χ2n) is 6.75. The van der Waals surface area contributed by atoms with Crippen molar-refractivity contribution in [3.63, 3.8) is 0 Å². The molecule has 4 heteroatoms. The zero-order valence-corrected chi connectivity index (χ0v) is 15.2.